The van der Waals surface area contributed by atoms with Gasteiger partial charge in [-0.15, -0.1) is 0 Å². The fraction of sp³-hybridized carbons (Fsp3) is 0.500. The lowest BCUT2D eigenvalue weighted by atomic mass is 9.71. The molecule has 0 aromatic heterocycles. The van der Waals surface area contributed by atoms with Crippen molar-refractivity contribution in [3.63, 3.8) is 0 Å². The zero-order valence-corrected chi connectivity index (χ0v) is 12.4. The van der Waals surface area contributed by atoms with Crippen LogP contribution >= 0.6 is 0 Å². The molecule has 2 saturated heterocycles. The first-order valence-electron chi connectivity index (χ1n) is 7.02. The number of nitrogens with zero attached hydrogens (tertiary/aromatic N) is 1. The summed E-state index contributed by atoms with van der Waals surface area (Å²) in [5, 5.41) is 9.56. The number of fused-ring (bicyclic) bond motifs is 2. The van der Waals surface area contributed by atoms with Gasteiger partial charge < -0.3 is 9.84 Å². The maximum atomic E-state index is 12.6. The Morgan fingerprint density at radius 1 is 1.29 bits per heavy atom. The maximum Gasteiger partial charge on any atom is 0.408 e. The Labute approximate surface area is 123 Å². The van der Waals surface area contributed by atoms with Crippen molar-refractivity contribution in [1.29, 1.82) is 0 Å². The number of carboxylic acid groups (broad SMARTS) is 1. The Kier molecular flexibility index (Phi) is 2.65. The van der Waals surface area contributed by atoms with E-state index in [1.807, 2.05) is 51.1 Å². The van der Waals surface area contributed by atoms with Gasteiger partial charge in [0, 0.05) is 6.42 Å². The number of morpholine rings is 1. The topological polar surface area (TPSA) is 66.8 Å². The highest BCUT2D eigenvalue weighted by Crippen LogP contribution is 2.58. The molecule has 2 heterocycles. The van der Waals surface area contributed by atoms with E-state index in [9.17, 15) is 14.7 Å². The quantitative estimate of drug-likeness (QED) is 0.807. The van der Waals surface area contributed by atoms with Gasteiger partial charge in [-0.1, -0.05) is 51.1 Å². The van der Waals surface area contributed by atoms with Crippen molar-refractivity contribution >= 4 is 12.1 Å². The molecule has 1 aromatic carbocycles. The SMILES string of the molecule is CC(C)(C)[C@@]12C[C@](c3ccccc3)(CN1C(=O)O)OC2=O. The first-order valence-corrected chi connectivity index (χ1v) is 7.02. The van der Waals surface area contributed by atoms with E-state index >= 15 is 0 Å². The predicted molar refractivity (Wildman–Crippen MR) is 75.7 cm³/mol. The number of ether oxygens (including phenoxy) is 1. The second-order valence-corrected chi connectivity index (χ2v) is 6.91. The zero-order chi connectivity index (χ0) is 15.5. The molecule has 2 fully saturated rings. The van der Waals surface area contributed by atoms with Crippen molar-refractivity contribution in [2.75, 3.05) is 6.54 Å². The molecule has 3 rings (SSSR count). The Morgan fingerprint density at radius 3 is 2.38 bits per heavy atom. The molecule has 2 bridgehead atoms. The second kappa shape index (κ2) is 4.00. The van der Waals surface area contributed by atoms with Crippen molar-refractivity contribution < 1.29 is 19.4 Å². The van der Waals surface area contributed by atoms with Crippen LogP contribution in [0.1, 0.15) is 32.8 Å². The highest BCUT2D eigenvalue weighted by Gasteiger charge is 2.72. The van der Waals surface area contributed by atoms with Crippen LogP contribution in [-0.4, -0.2) is 34.2 Å². The average molecular weight is 289 g/mol. The van der Waals surface area contributed by atoms with Crippen LogP contribution in [0.2, 0.25) is 0 Å². The molecule has 0 saturated carbocycles. The minimum atomic E-state index is -1.12. The molecule has 2 atom stereocenters. The predicted octanol–water partition coefficient (Wildman–Crippen LogP) is 2.61. The Balaban J connectivity index is 2.15. The number of rotatable bonds is 1. The van der Waals surface area contributed by atoms with Crippen molar-refractivity contribution in [2.45, 2.75) is 38.3 Å². The normalized spacial score (nSPS) is 31.4. The van der Waals surface area contributed by atoms with Crippen molar-refractivity contribution in [1.82, 2.24) is 4.90 Å². The van der Waals surface area contributed by atoms with Crippen LogP contribution < -0.4 is 0 Å². The van der Waals surface area contributed by atoms with Gasteiger partial charge in [0.1, 0.15) is 0 Å². The third-order valence-electron chi connectivity index (χ3n) is 4.81. The highest BCUT2D eigenvalue weighted by atomic mass is 16.6. The van der Waals surface area contributed by atoms with E-state index in [0.717, 1.165) is 5.56 Å². The van der Waals surface area contributed by atoms with Gasteiger partial charge in [-0.05, 0) is 11.0 Å². The molecule has 5 nitrogen and oxygen atoms in total. The van der Waals surface area contributed by atoms with Gasteiger partial charge in [0.15, 0.2) is 11.1 Å². The summed E-state index contributed by atoms with van der Waals surface area (Å²) >= 11 is 0. The van der Waals surface area contributed by atoms with Crippen LogP contribution in [0.5, 0.6) is 0 Å². The molecular weight excluding hydrogens is 270 g/mol. The van der Waals surface area contributed by atoms with Crippen LogP contribution in [0, 0.1) is 5.41 Å². The minimum Gasteiger partial charge on any atom is -0.465 e. The molecule has 0 unspecified atom stereocenters. The lowest BCUT2D eigenvalue weighted by Gasteiger charge is -2.43. The number of carbonyl (C=O) groups is 2. The number of benzene rings is 1. The van der Waals surface area contributed by atoms with Gasteiger partial charge in [-0.2, -0.15) is 0 Å². The lowest BCUT2D eigenvalue weighted by molar-refractivity contribution is -0.170. The third-order valence-corrected chi connectivity index (χ3v) is 4.81. The molecule has 0 radical (unpaired) electrons. The van der Waals surface area contributed by atoms with Gasteiger partial charge in [0.25, 0.3) is 0 Å². The third kappa shape index (κ3) is 1.63. The van der Waals surface area contributed by atoms with Crippen LogP contribution in [0.25, 0.3) is 0 Å². The average Bonchev–Trinajstić information content (AvgIpc) is 2.92. The summed E-state index contributed by atoms with van der Waals surface area (Å²) in [6.45, 7) is 5.85. The summed E-state index contributed by atoms with van der Waals surface area (Å²) in [5.74, 6) is -0.437. The lowest BCUT2D eigenvalue weighted by Crippen LogP contribution is -2.61. The summed E-state index contributed by atoms with van der Waals surface area (Å²) in [4.78, 5) is 25.5. The molecule has 1 N–H and O–H groups in total. The van der Waals surface area contributed by atoms with E-state index in [0.29, 0.717) is 6.42 Å². The number of carbonyl (C=O) groups excluding carboxylic acids is 1. The van der Waals surface area contributed by atoms with E-state index in [1.165, 1.54) is 4.90 Å². The van der Waals surface area contributed by atoms with Crippen LogP contribution in [0.4, 0.5) is 4.79 Å². The first kappa shape index (κ1) is 13.9. The number of amides is 1. The second-order valence-electron chi connectivity index (χ2n) is 6.91. The fourth-order valence-electron chi connectivity index (χ4n) is 3.67. The standard InChI is InChI=1S/C16H19NO4/c1-14(2,3)16-9-15(21-12(16)18,10-17(16)13(19)20)11-7-5-4-6-8-11/h4-8H,9-10H2,1-3H3,(H,19,20)/t15-,16+/m1/s1. The first-order chi connectivity index (χ1) is 9.73. The molecular formula is C16H19NO4. The van der Waals surface area contributed by atoms with E-state index in [1.54, 1.807) is 0 Å². The number of esters is 1. The molecule has 0 spiro atoms. The Hall–Kier alpha value is -2.04. The van der Waals surface area contributed by atoms with Gasteiger partial charge in [0.2, 0.25) is 0 Å². The van der Waals surface area contributed by atoms with Gasteiger partial charge in [-0.3, -0.25) is 4.90 Å². The van der Waals surface area contributed by atoms with Gasteiger partial charge >= 0.3 is 12.1 Å². The van der Waals surface area contributed by atoms with Crippen LogP contribution in [0.3, 0.4) is 0 Å². The fourth-order valence-corrected chi connectivity index (χ4v) is 3.67. The zero-order valence-electron chi connectivity index (χ0n) is 12.4. The Bertz CT molecular complexity index is 606. The molecule has 2 aliphatic rings. The van der Waals surface area contributed by atoms with E-state index < -0.39 is 28.6 Å². The van der Waals surface area contributed by atoms with Crippen molar-refractivity contribution in [3.05, 3.63) is 35.9 Å². The molecule has 5 heteroatoms. The van der Waals surface area contributed by atoms with E-state index in [-0.39, 0.29) is 6.54 Å². The summed E-state index contributed by atoms with van der Waals surface area (Å²) in [6, 6.07) is 9.41. The largest absolute Gasteiger partial charge is 0.465 e. The van der Waals surface area contributed by atoms with Crippen molar-refractivity contribution in [3.8, 4) is 0 Å². The molecule has 1 aromatic rings. The summed E-state index contributed by atoms with van der Waals surface area (Å²) in [6.07, 6.45) is -0.696. The van der Waals surface area contributed by atoms with E-state index in [2.05, 4.69) is 0 Å². The number of hydrogen-bond donors (Lipinski definition) is 1. The minimum absolute atomic E-state index is 0.190. The Morgan fingerprint density at radius 2 is 1.90 bits per heavy atom. The molecule has 1 amide bonds. The highest BCUT2D eigenvalue weighted by molar-refractivity contribution is 5.91. The molecule has 21 heavy (non-hydrogen) atoms. The maximum absolute atomic E-state index is 12.6. The summed E-state index contributed by atoms with van der Waals surface area (Å²) < 4.78 is 5.70. The monoisotopic (exact) mass is 289 g/mol. The van der Waals surface area contributed by atoms with Crippen LogP contribution in [-0.2, 0) is 15.1 Å². The van der Waals surface area contributed by atoms with Gasteiger partial charge in [0.05, 0.1) is 6.54 Å². The van der Waals surface area contributed by atoms with Crippen molar-refractivity contribution in [2.24, 2.45) is 5.41 Å². The number of likely N-dealkylation sites (tertiary alicyclic amines) is 1. The summed E-state index contributed by atoms with van der Waals surface area (Å²) in [5.41, 5.74) is -1.65. The molecule has 2 aliphatic heterocycles. The van der Waals surface area contributed by atoms with Gasteiger partial charge in [-0.25, -0.2) is 9.59 Å². The van der Waals surface area contributed by atoms with Crippen LogP contribution in [0.15, 0.2) is 30.3 Å². The smallest absolute Gasteiger partial charge is 0.408 e. The number of hydrogen-bond acceptors (Lipinski definition) is 3. The van der Waals surface area contributed by atoms with E-state index in [4.69, 9.17) is 4.74 Å². The molecule has 0 aliphatic carbocycles. The summed E-state index contributed by atoms with van der Waals surface area (Å²) in [7, 11) is 0. The molecule has 112 valence electrons.